The second-order valence-electron chi connectivity index (χ2n) is 6.86. The van der Waals surface area contributed by atoms with Gasteiger partial charge in [0.2, 0.25) is 0 Å². The van der Waals surface area contributed by atoms with E-state index in [2.05, 4.69) is 32.8 Å². The molecule has 2 unspecified atom stereocenters. The fraction of sp³-hybridized carbons (Fsp3) is 0.632. The SMILES string of the molecule is CCOC(=O)C1NNCC1CN1CCCN(c2cccc(OC)c2)CC1. The van der Waals surface area contributed by atoms with Gasteiger partial charge in [-0.25, -0.2) is 5.43 Å². The molecule has 3 rings (SSSR count). The average Bonchev–Trinajstić information content (AvgIpc) is 2.99. The fourth-order valence-corrected chi connectivity index (χ4v) is 3.74. The van der Waals surface area contributed by atoms with Crippen molar-refractivity contribution in [2.24, 2.45) is 5.92 Å². The zero-order valence-electron chi connectivity index (χ0n) is 15.7. The summed E-state index contributed by atoms with van der Waals surface area (Å²) in [5, 5.41) is 0. The van der Waals surface area contributed by atoms with E-state index in [4.69, 9.17) is 9.47 Å². The Morgan fingerprint density at radius 3 is 2.96 bits per heavy atom. The van der Waals surface area contributed by atoms with Gasteiger partial charge in [-0.2, -0.15) is 0 Å². The van der Waals surface area contributed by atoms with Crippen LogP contribution in [0.25, 0.3) is 0 Å². The molecule has 0 spiro atoms. The second kappa shape index (κ2) is 9.21. The van der Waals surface area contributed by atoms with E-state index < -0.39 is 0 Å². The van der Waals surface area contributed by atoms with Gasteiger partial charge >= 0.3 is 5.97 Å². The monoisotopic (exact) mass is 362 g/mol. The lowest BCUT2D eigenvalue weighted by Crippen LogP contribution is -2.44. The lowest BCUT2D eigenvalue weighted by atomic mass is 10.0. The van der Waals surface area contributed by atoms with Crippen molar-refractivity contribution >= 4 is 11.7 Å². The highest BCUT2D eigenvalue weighted by molar-refractivity contribution is 5.76. The summed E-state index contributed by atoms with van der Waals surface area (Å²) in [4.78, 5) is 17.0. The predicted octanol–water partition coefficient (Wildman–Crippen LogP) is 0.863. The van der Waals surface area contributed by atoms with Gasteiger partial charge in [-0.05, 0) is 32.0 Å². The number of esters is 1. The van der Waals surface area contributed by atoms with Crippen LogP contribution in [0.15, 0.2) is 24.3 Å². The number of anilines is 1. The molecule has 7 nitrogen and oxygen atoms in total. The maximum absolute atomic E-state index is 12.1. The summed E-state index contributed by atoms with van der Waals surface area (Å²) in [7, 11) is 1.70. The van der Waals surface area contributed by atoms with Gasteiger partial charge in [-0.3, -0.25) is 10.2 Å². The molecule has 0 amide bonds. The van der Waals surface area contributed by atoms with Crippen LogP contribution in [0.2, 0.25) is 0 Å². The van der Waals surface area contributed by atoms with E-state index in [9.17, 15) is 4.79 Å². The van der Waals surface area contributed by atoms with Crippen LogP contribution in [-0.4, -0.2) is 69.9 Å². The first-order chi connectivity index (χ1) is 12.7. The molecule has 2 aliphatic rings. The number of rotatable bonds is 6. The van der Waals surface area contributed by atoms with Crippen molar-refractivity contribution in [1.82, 2.24) is 15.8 Å². The Morgan fingerprint density at radius 1 is 1.27 bits per heavy atom. The van der Waals surface area contributed by atoms with E-state index in [0.717, 1.165) is 51.4 Å². The number of hydrazine groups is 1. The van der Waals surface area contributed by atoms with E-state index in [1.807, 2.05) is 19.1 Å². The number of nitrogens with one attached hydrogen (secondary N) is 2. The molecule has 0 saturated carbocycles. The zero-order chi connectivity index (χ0) is 18.4. The minimum absolute atomic E-state index is 0.157. The Morgan fingerprint density at radius 2 is 2.15 bits per heavy atom. The highest BCUT2D eigenvalue weighted by Crippen LogP contribution is 2.22. The smallest absolute Gasteiger partial charge is 0.324 e. The van der Waals surface area contributed by atoms with Gasteiger partial charge in [0.1, 0.15) is 11.8 Å². The molecule has 26 heavy (non-hydrogen) atoms. The van der Waals surface area contributed by atoms with Crippen LogP contribution in [-0.2, 0) is 9.53 Å². The summed E-state index contributed by atoms with van der Waals surface area (Å²) >= 11 is 0. The molecule has 2 saturated heterocycles. The highest BCUT2D eigenvalue weighted by atomic mass is 16.5. The van der Waals surface area contributed by atoms with Crippen molar-refractivity contribution < 1.29 is 14.3 Å². The highest BCUT2D eigenvalue weighted by Gasteiger charge is 2.35. The molecule has 2 fully saturated rings. The molecule has 144 valence electrons. The van der Waals surface area contributed by atoms with Crippen LogP contribution in [0.4, 0.5) is 5.69 Å². The number of methoxy groups -OCH3 is 1. The molecule has 0 aromatic heterocycles. The van der Waals surface area contributed by atoms with E-state index in [1.54, 1.807) is 7.11 Å². The van der Waals surface area contributed by atoms with Gasteiger partial charge in [0, 0.05) is 50.4 Å². The zero-order valence-corrected chi connectivity index (χ0v) is 15.7. The Labute approximate surface area is 155 Å². The van der Waals surface area contributed by atoms with Crippen molar-refractivity contribution in [1.29, 1.82) is 0 Å². The standard InChI is InChI=1S/C19H30N4O3/c1-3-26-19(24)18-15(13-20-21-18)14-22-8-5-9-23(11-10-22)16-6-4-7-17(12-16)25-2/h4,6-7,12,15,18,20-21H,3,5,8-11,13-14H2,1-2H3. The van der Waals surface area contributed by atoms with Crippen LogP contribution in [0.5, 0.6) is 5.75 Å². The van der Waals surface area contributed by atoms with Gasteiger partial charge in [0.15, 0.2) is 0 Å². The number of hydrogen-bond donors (Lipinski definition) is 2. The summed E-state index contributed by atoms with van der Waals surface area (Å²) in [6.45, 7) is 8.00. The third-order valence-electron chi connectivity index (χ3n) is 5.13. The summed E-state index contributed by atoms with van der Waals surface area (Å²) in [5.41, 5.74) is 7.39. The number of hydrogen-bond acceptors (Lipinski definition) is 7. The van der Waals surface area contributed by atoms with E-state index in [-0.39, 0.29) is 17.9 Å². The number of nitrogens with zero attached hydrogens (tertiary/aromatic N) is 2. The van der Waals surface area contributed by atoms with Crippen molar-refractivity contribution in [2.75, 3.05) is 57.9 Å². The molecular formula is C19H30N4O3. The van der Waals surface area contributed by atoms with Gasteiger partial charge in [0.25, 0.3) is 0 Å². The Bertz CT molecular complexity index is 598. The first kappa shape index (κ1) is 18.9. The van der Waals surface area contributed by atoms with Crippen molar-refractivity contribution in [3.8, 4) is 5.75 Å². The molecule has 0 radical (unpaired) electrons. The van der Waals surface area contributed by atoms with Crippen molar-refractivity contribution in [2.45, 2.75) is 19.4 Å². The van der Waals surface area contributed by atoms with Crippen LogP contribution in [0, 0.1) is 5.92 Å². The molecule has 2 atom stereocenters. The van der Waals surface area contributed by atoms with Gasteiger partial charge in [-0.1, -0.05) is 6.07 Å². The first-order valence-corrected chi connectivity index (χ1v) is 9.47. The van der Waals surface area contributed by atoms with Gasteiger partial charge in [0.05, 0.1) is 13.7 Å². The molecule has 2 aliphatic heterocycles. The average molecular weight is 362 g/mol. The molecular weight excluding hydrogens is 332 g/mol. The fourth-order valence-electron chi connectivity index (χ4n) is 3.74. The quantitative estimate of drug-likeness (QED) is 0.728. The van der Waals surface area contributed by atoms with Gasteiger partial charge in [-0.15, -0.1) is 0 Å². The summed E-state index contributed by atoms with van der Waals surface area (Å²) in [6, 6.07) is 7.99. The lowest BCUT2D eigenvalue weighted by molar-refractivity contribution is -0.146. The molecule has 1 aromatic rings. The first-order valence-electron chi connectivity index (χ1n) is 9.47. The maximum atomic E-state index is 12.1. The van der Waals surface area contributed by atoms with Crippen LogP contribution in [0.1, 0.15) is 13.3 Å². The summed E-state index contributed by atoms with van der Waals surface area (Å²) in [5.74, 6) is 0.969. The van der Waals surface area contributed by atoms with E-state index in [1.165, 1.54) is 5.69 Å². The molecule has 2 N–H and O–H groups in total. The molecule has 1 aromatic carbocycles. The molecule has 7 heteroatoms. The van der Waals surface area contributed by atoms with Crippen LogP contribution in [0.3, 0.4) is 0 Å². The Kier molecular flexibility index (Phi) is 6.71. The largest absolute Gasteiger partial charge is 0.497 e. The second-order valence-corrected chi connectivity index (χ2v) is 6.86. The Hall–Kier alpha value is -1.83. The number of carbonyl (C=O) groups excluding carboxylic acids is 1. The summed E-state index contributed by atoms with van der Waals surface area (Å²) < 4.78 is 10.5. The molecule has 0 bridgehead atoms. The van der Waals surface area contributed by atoms with Crippen LogP contribution < -0.4 is 20.5 Å². The third kappa shape index (κ3) is 4.66. The summed E-state index contributed by atoms with van der Waals surface area (Å²) in [6.07, 6.45) is 1.11. The lowest BCUT2D eigenvalue weighted by Gasteiger charge is -2.26. The van der Waals surface area contributed by atoms with Crippen LogP contribution >= 0.6 is 0 Å². The Balaban J connectivity index is 1.56. The number of benzene rings is 1. The minimum atomic E-state index is -0.257. The maximum Gasteiger partial charge on any atom is 0.324 e. The molecule has 0 aliphatic carbocycles. The normalized spacial score (nSPS) is 24.3. The third-order valence-corrected chi connectivity index (χ3v) is 5.13. The van der Waals surface area contributed by atoms with E-state index >= 15 is 0 Å². The predicted molar refractivity (Wildman–Crippen MR) is 101 cm³/mol. The van der Waals surface area contributed by atoms with E-state index in [0.29, 0.717) is 6.61 Å². The molecule has 2 heterocycles. The van der Waals surface area contributed by atoms with Gasteiger partial charge < -0.3 is 19.3 Å². The number of carbonyl (C=O) groups is 1. The topological polar surface area (TPSA) is 66.1 Å². The van der Waals surface area contributed by atoms with Crippen molar-refractivity contribution in [3.05, 3.63) is 24.3 Å². The number of ether oxygens (including phenoxy) is 2. The minimum Gasteiger partial charge on any atom is -0.497 e. The van der Waals surface area contributed by atoms with Crippen molar-refractivity contribution in [3.63, 3.8) is 0 Å².